The molecule has 6 aromatic rings. The summed E-state index contributed by atoms with van der Waals surface area (Å²) in [5, 5.41) is 2.18. The van der Waals surface area contributed by atoms with Crippen molar-refractivity contribution in [3.8, 4) is 24.7 Å². The first-order valence-corrected chi connectivity index (χ1v) is 23.4. The molecule has 322 valence electrons. The molecule has 9 heteroatoms. The molecular formula is C53H65N9. The first-order valence-electron chi connectivity index (χ1n) is 23.4. The molecule has 2 aromatic carbocycles. The third-order valence-electron chi connectivity index (χ3n) is 13.6. The number of piperazine rings is 1. The van der Waals surface area contributed by atoms with Crippen LogP contribution >= 0.6 is 0 Å². The summed E-state index contributed by atoms with van der Waals surface area (Å²) >= 11 is 0. The Bertz CT molecular complexity index is 2460. The molecule has 0 radical (unpaired) electrons. The number of fused-ring (bicyclic) bond motifs is 2. The lowest BCUT2D eigenvalue weighted by Gasteiger charge is -2.32. The summed E-state index contributed by atoms with van der Waals surface area (Å²) in [6, 6.07) is 23.8. The molecule has 62 heavy (non-hydrogen) atoms. The van der Waals surface area contributed by atoms with Gasteiger partial charge in [-0.15, -0.1) is 12.8 Å². The Hall–Kier alpha value is -5.32. The highest BCUT2D eigenvalue weighted by molar-refractivity contribution is 5.78. The summed E-state index contributed by atoms with van der Waals surface area (Å²) < 4.78 is 4.93. The molecule has 0 bridgehead atoms. The van der Waals surface area contributed by atoms with E-state index in [0.717, 1.165) is 87.3 Å². The zero-order chi connectivity index (χ0) is 42.8. The second-order valence-electron chi connectivity index (χ2n) is 17.9. The number of aromatic nitrogens is 6. The number of benzene rings is 2. The molecule has 9 rings (SSSR count). The third kappa shape index (κ3) is 10.5. The van der Waals surface area contributed by atoms with E-state index >= 15 is 0 Å². The minimum atomic E-state index is 0.477. The van der Waals surface area contributed by atoms with Gasteiger partial charge in [-0.2, -0.15) is 0 Å². The van der Waals surface area contributed by atoms with Crippen molar-refractivity contribution in [1.29, 1.82) is 0 Å². The maximum Gasteiger partial charge on any atom is 0.206 e. The fourth-order valence-electron chi connectivity index (χ4n) is 9.94. The Labute approximate surface area is 370 Å². The van der Waals surface area contributed by atoms with E-state index in [1.54, 1.807) is 0 Å². The Balaban J connectivity index is 0.000000171. The van der Waals surface area contributed by atoms with Gasteiger partial charge in [0.15, 0.2) is 0 Å². The Morgan fingerprint density at radius 2 is 1.03 bits per heavy atom. The van der Waals surface area contributed by atoms with Crippen LogP contribution in [0.4, 0.5) is 0 Å². The second kappa shape index (κ2) is 20.7. The molecule has 1 saturated heterocycles. The van der Waals surface area contributed by atoms with Gasteiger partial charge in [0.1, 0.15) is 11.3 Å². The lowest BCUT2D eigenvalue weighted by atomic mass is 9.95. The highest BCUT2D eigenvalue weighted by Gasteiger charge is 2.24. The molecule has 0 amide bonds. The lowest BCUT2D eigenvalue weighted by molar-refractivity contribution is 0.148. The fraction of sp³-hybridized carbons (Fsp3) is 0.472. The average Bonchev–Trinajstić information content (AvgIpc) is 3.87. The minimum Gasteiger partial charge on any atom is -0.326 e. The quantitative estimate of drug-likeness (QED) is 0.114. The van der Waals surface area contributed by atoms with Gasteiger partial charge in [0.25, 0.3) is 0 Å². The lowest BCUT2D eigenvalue weighted by Crippen LogP contribution is -2.43. The van der Waals surface area contributed by atoms with Gasteiger partial charge in [0.05, 0.1) is 0 Å². The normalized spacial score (nSPS) is 16.9. The molecule has 2 saturated carbocycles. The molecule has 9 nitrogen and oxygen atoms in total. The molecule has 0 spiro atoms. The first-order chi connectivity index (χ1) is 30.4. The number of rotatable bonds is 12. The maximum atomic E-state index is 5.60. The largest absolute Gasteiger partial charge is 0.326 e. The first kappa shape index (κ1) is 43.3. The average molecular weight is 828 g/mol. The van der Waals surface area contributed by atoms with E-state index in [4.69, 9.17) is 22.8 Å². The van der Waals surface area contributed by atoms with Gasteiger partial charge < -0.3 is 14.0 Å². The topological polar surface area (TPSA) is 71.1 Å². The molecule has 1 aliphatic heterocycles. The van der Waals surface area contributed by atoms with Crippen molar-refractivity contribution in [1.82, 2.24) is 43.8 Å². The summed E-state index contributed by atoms with van der Waals surface area (Å²) in [4.78, 5) is 25.5. The van der Waals surface area contributed by atoms with Crippen molar-refractivity contribution >= 4 is 22.1 Å². The van der Waals surface area contributed by atoms with Crippen LogP contribution in [-0.4, -0.2) is 90.1 Å². The van der Waals surface area contributed by atoms with Crippen molar-refractivity contribution in [3.05, 3.63) is 118 Å². The van der Waals surface area contributed by atoms with Gasteiger partial charge in [-0.25, -0.2) is 19.9 Å². The van der Waals surface area contributed by atoms with Crippen LogP contribution < -0.4 is 0 Å². The van der Waals surface area contributed by atoms with Gasteiger partial charge in [-0.3, -0.25) is 9.80 Å². The highest BCUT2D eigenvalue weighted by Crippen LogP contribution is 2.35. The van der Waals surface area contributed by atoms with Crippen LogP contribution in [0.2, 0.25) is 0 Å². The van der Waals surface area contributed by atoms with E-state index in [1.807, 2.05) is 12.4 Å². The van der Waals surface area contributed by atoms with Crippen molar-refractivity contribution in [3.63, 3.8) is 0 Å². The van der Waals surface area contributed by atoms with Crippen LogP contribution in [0.3, 0.4) is 0 Å². The second-order valence-corrected chi connectivity index (χ2v) is 17.9. The molecule has 0 unspecified atom stereocenters. The van der Waals surface area contributed by atoms with Crippen molar-refractivity contribution < 1.29 is 0 Å². The molecule has 5 heterocycles. The fourth-order valence-corrected chi connectivity index (χ4v) is 9.94. The number of terminal acetylenes is 2. The Morgan fingerprint density at radius 3 is 1.47 bits per heavy atom. The molecule has 0 N–H and O–H groups in total. The van der Waals surface area contributed by atoms with Gasteiger partial charge >= 0.3 is 0 Å². The highest BCUT2D eigenvalue weighted by atomic mass is 15.2. The van der Waals surface area contributed by atoms with Crippen LogP contribution in [0.5, 0.6) is 0 Å². The maximum absolute atomic E-state index is 5.60. The van der Waals surface area contributed by atoms with Crippen molar-refractivity contribution in [2.75, 3.05) is 46.3 Å². The summed E-state index contributed by atoms with van der Waals surface area (Å²) in [5.41, 5.74) is 10.1. The number of likely N-dealkylation sites (N-methyl/N-ethyl adjacent to an activating group) is 1. The monoisotopic (exact) mass is 828 g/mol. The zero-order valence-electron chi connectivity index (χ0n) is 37.4. The van der Waals surface area contributed by atoms with E-state index in [-0.39, 0.29) is 0 Å². The molecular weight excluding hydrogens is 763 g/mol. The summed E-state index contributed by atoms with van der Waals surface area (Å²) in [7, 11) is 2.21. The summed E-state index contributed by atoms with van der Waals surface area (Å²) in [6.45, 7) is 13.3. The smallest absolute Gasteiger partial charge is 0.206 e. The number of hydrogen-bond acceptors (Lipinski definition) is 7. The SMILES string of the molecule is C#Cc1ncc2cc(Cc3ccc(CN(CC)CC)cc3)n(C3CCCCC3)c2n1.C#Cc1ncc2cc(Cc3ccc(CN4CCN(C)CC4)cc3)n(C3CCCCC3)c2n1. The van der Waals surface area contributed by atoms with Crippen molar-refractivity contribution in [2.45, 2.75) is 116 Å². The van der Waals surface area contributed by atoms with Crippen LogP contribution in [0.15, 0.2) is 73.1 Å². The molecule has 3 fully saturated rings. The van der Waals surface area contributed by atoms with E-state index in [1.165, 1.54) is 97.8 Å². The predicted octanol–water partition coefficient (Wildman–Crippen LogP) is 9.61. The van der Waals surface area contributed by atoms with E-state index in [0.29, 0.717) is 23.7 Å². The van der Waals surface area contributed by atoms with Crippen LogP contribution in [0.1, 0.15) is 135 Å². The standard InChI is InChI=1S/C27H33N5.C26H32N4/c1-3-26-28-19-23-18-25(32(27(23)29-26)24-7-5-4-6-8-24)17-21-9-11-22(12-10-21)20-31-15-13-30(2)14-16-31;1-4-25-27-18-22-17-24(30(26(22)28-25)23-10-8-7-9-11-23)16-20-12-14-21(15-13-20)19-29(5-2)6-3/h1,9-12,18-19,24H,4-8,13-17,20H2,2H3;1,12-15,17-18,23H,5-11,16,19H2,2-3H3. The van der Waals surface area contributed by atoms with Gasteiger partial charge in [-0.05, 0) is 92.0 Å². The van der Waals surface area contributed by atoms with Crippen LogP contribution in [0.25, 0.3) is 22.1 Å². The molecule has 2 aliphatic carbocycles. The Morgan fingerprint density at radius 1 is 0.597 bits per heavy atom. The van der Waals surface area contributed by atoms with E-state index in [9.17, 15) is 0 Å². The van der Waals surface area contributed by atoms with Gasteiger partial charge in [0.2, 0.25) is 11.6 Å². The summed E-state index contributed by atoms with van der Waals surface area (Å²) in [5.74, 6) is 6.16. The Kier molecular flexibility index (Phi) is 14.5. The van der Waals surface area contributed by atoms with Gasteiger partial charge in [-0.1, -0.05) is 101 Å². The van der Waals surface area contributed by atoms with E-state index < -0.39 is 0 Å². The minimum absolute atomic E-state index is 0.477. The van der Waals surface area contributed by atoms with E-state index in [2.05, 4.69) is 127 Å². The van der Waals surface area contributed by atoms with Gasteiger partial charge in [0, 0.05) is 98.7 Å². The van der Waals surface area contributed by atoms with Crippen LogP contribution in [0, 0.1) is 24.7 Å². The molecule has 0 atom stereocenters. The number of hydrogen-bond donors (Lipinski definition) is 0. The zero-order valence-corrected chi connectivity index (χ0v) is 37.4. The molecule has 4 aromatic heterocycles. The summed E-state index contributed by atoms with van der Waals surface area (Å²) in [6.07, 6.45) is 29.5. The number of nitrogens with zero attached hydrogens (tertiary/aromatic N) is 9. The molecule has 3 aliphatic rings. The third-order valence-corrected chi connectivity index (χ3v) is 13.6. The van der Waals surface area contributed by atoms with Crippen LogP contribution in [-0.2, 0) is 25.9 Å². The van der Waals surface area contributed by atoms with Crippen molar-refractivity contribution in [2.24, 2.45) is 0 Å². The predicted molar refractivity (Wildman–Crippen MR) is 253 cm³/mol.